The topological polar surface area (TPSA) is 49.4 Å². The highest BCUT2D eigenvalue weighted by Crippen LogP contribution is 2.25. The summed E-state index contributed by atoms with van der Waals surface area (Å²) in [6, 6.07) is 4.19. The summed E-state index contributed by atoms with van der Waals surface area (Å²) in [7, 11) is 2.15. The number of anilines is 1. The first kappa shape index (κ1) is 15.8. The lowest BCUT2D eigenvalue weighted by Crippen LogP contribution is -2.38. The Labute approximate surface area is 137 Å². The van der Waals surface area contributed by atoms with Gasteiger partial charge in [0.1, 0.15) is 22.8 Å². The Bertz CT molecular complexity index is 485. The van der Waals surface area contributed by atoms with Crippen molar-refractivity contribution >= 4 is 17.4 Å². The number of hydrogen-bond acceptors (Lipinski definition) is 5. The van der Waals surface area contributed by atoms with Crippen molar-refractivity contribution in [1.29, 1.82) is 0 Å². The van der Waals surface area contributed by atoms with Crippen LogP contribution in [0.15, 0.2) is 12.1 Å². The molecule has 0 bridgehead atoms. The van der Waals surface area contributed by atoms with Crippen molar-refractivity contribution < 1.29 is 4.74 Å². The average Bonchev–Trinajstić information content (AvgIpc) is 2.50. The molecule has 122 valence electrons. The normalized spacial score (nSPS) is 24.2. The number of rotatable bonds is 4. The standard InChI is InChI=1S/C16H25ClN4O/c1-21-7-4-13(5-8-21)22-14-9-15(17)20-16(10-14)19-12-3-2-6-18-11-12/h9-10,12-13,18H,2-8,11H2,1H3,(H,19,20)/t12-/m0/s1. The van der Waals surface area contributed by atoms with Crippen LogP contribution >= 0.6 is 11.6 Å². The molecule has 0 unspecified atom stereocenters. The van der Waals surface area contributed by atoms with E-state index < -0.39 is 0 Å². The van der Waals surface area contributed by atoms with Gasteiger partial charge in [-0.1, -0.05) is 11.6 Å². The summed E-state index contributed by atoms with van der Waals surface area (Å²) < 4.78 is 6.11. The summed E-state index contributed by atoms with van der Waals surface area (Å²) in [6.07, 6.45) is 4.75. The number of ether oxygens (including phenoxy) is 1. The smallest absolute Gasteiger partial charge is 0.135 e. The molecule has 0 radical (unpaired) electrons. The maximum absolute atomic E-state index is 6.15. The molecule has 0 aromatic carbocycles. The van der Waals surface area contributed by atoms with Gasteiger partial charge in [0.25, 0.3) is 0 Å². The first-order valence-corrected chi connectivity index (χ1v) is 8.57. The van der Waals surface area contributed by atoms with E-state index in [2.05, 4.69) is 27.6 Å². The third kappa shape index (κ3) is 4.48. The fourth-order valence-electron chi connectivity index (χ4n) is 3.09. The van der Waals surface area contributed by atoms with Gasteiger partial charge in [-0.05, 0) is 39.3 Å². The van der Waals surface area contributed by atoms with E-state index in [0.29, 0.717) is 11.2 Å². The van der Waals surface area contributed by atoms with Gasteiger partial charge in [-0.15, -0.1) is 0 Å². The van der Waals surface area contributed by atoms with Crippen LogP contribution in [-0.2, 0) is 0 Å². The fourth-order valence-corrected chi connectivity index (χ4v) is 3.29. The molecule has 2 aliphatic heterocycles. The SMILES string of the molecule is CN1CCC(Oc2cc(Cl)nc(N[C@H]3CCCNC3)c2)CC1. The number of nitrogens with one attached hydrogen (secondary N) is 2. The van der Waals surface area contributed by atoms with E-state index in [1.165, 1.54) is 6.42 Å². The number of aromatic nitrogens is 1. The van der Waals surface area contributed by atoms with Gasteiger partial charge in [0.05, 0.1) is 0 Å². The van der Waals surface area contributed by atoms with E-state index in [1.807, 2.05) is 12.1 Å². The van der Waals surface area contributed by atoms with Gasteiger partial charge in [0, 0.05) is 37.8 Å². The number of piperidine rings is 2. The minimum absolute atomic E-state index is 0.277. The number of halogens is 1. The minimum Gasteiger partial charge on any atom is -0.490 e. The maximum Gasteiger partial charge on any atom is 0.135 e. The Morgan fingerprint density at radius 2 is 2.14 bits per heavy atom. The third-order valence-electron chi connectivity index (χ3n) is 4.38. The molecule has 1 aromatic rings. The molecule has 0 aliphatic carbocycles. The third-order valence-corrected chi connectivity index (χ3v) is 4.58. The Hall–Kier alpha value is -1.04. The second-order valence-electron chi connectivity index (χ2n) is 6.32. The zero-order chi connectivity index (χ0) is 15.4. The van der Waals surface area contributed by atoms with Crippen molar-refractivity contribution in [2.45, 2.75) is 37.8 Å². The average molecular weight is 325 g/mol. The lowest BCUT2D eigenvalue weighted by atomic mass is 10.1. The van der Waals surface area contributed by atoms with Crippen LogP contribution in [0, 0.1) is 0 Å². The van der Waals surface area contributed by atoms with Crippen molar-refractivity contribution in [1.82, 2.24) is 15.2 Å². The quantitative estimate of drug-likeness (QED) is 0.833. The van der Waals surface area contributed by atoms with Gasteiger partial charge < -0.3 is 20.3 Å². The van der Waals surface area contributed by atoms with Crippen LogP contribution in [0.25, 0.3) is 0 Å². The molecule has 6 heteroatoms. The lowest BCUT2D eigenvalue weighted by molar-refractivity contribution is 0.114. The summed E-state index contributed by atoms with van der Waals surface area (Å²) in [4.78, 5) is 6.71. The zero-order valence-electron chi connectivity index (χ0n) is 13.1. The minimum atomic E-state index is 0.277. The summed E-state index contributed by atoms with van der Waals surface area (Å²) in [5, 5.41) is 7.34. The van der Waals surface area contributed by atoms with E-state index in [9.17, 15) is 0 Å². The molecule has 1 aromatic heterocycles. The molecule has 22 heavy (non-hydrogen) atoms. The first-order valence-electron chi connectivity index (χ1n) is 8.19. The lowest BCUT2D eigenvalue weighted by Gasteiger charge is -2.29. The summed E-state index contributed by atoms with van der Waals surface area (Å²) in [5.41, 5.74) is 0. The van der Waals surface area contributed by atoms with Crippen molar-refractivity contribution in [2.24, 2.45) is 0 Å². The van der Waals surface area contributed by atoms with Crippen LogP contribution in [0.1, 0.15) is 25.7 Å². The van der Waals surface area contributed by atoms with Gasteiger partial charge in [-0.25, -0.2) is 4.98 Å². The predicted octanol–water partition coefficient (Wildman–Crippen LogP) is 2.37. The molecule has 3 rings (SSSR count). The first-order chi connectivity index (χ1) is 10.7. The van der Waals surface area contributed by atoms with Gasteiger partial charge in [0.2, 0.25) is 0 Å². The highest BCUT2D eigenvalue weighted by molar-refractivity contribution is 6.29. The predicted molar refractivity (Wildman–Crippen MR) is 89.9 cm³/mol. The maximum atomic E-state index is 6.15. The van der Waals surface area contributed by atoms with Gasteiger partial charge in [-0.2, -0.15) is 0 Å². The van der Waals surface area contributed by atoms with Crippen LogP contribution in [0.5, 0.6) is 5.75 Å². The van der Waals surface area contributed by atoms with E-state index in [1.54, 1.807) is 0 Å². The molecule has 2 fully saturated rings. The Balaban J connectivity index is 1.61. The molecule has 3 heterocycles. The molecule has 1 atom stereocenters. The van der Waals surface area contributed by atoms with Crippen LogP contribution in [0.4, 0.5) is 5.82 Å². The molecule has 2 N–H and O–H groups in total. The molecule has 5 nitrogen and oxygen atoms in total. The van der Waals surface area contributed by atoms with E-state index in [0.717, 1.165) is 57.0 Å². The largest absolute Gasteiger partial charge is 0.490 e. The number of nitrogens with zero attached hydrogens (tertiary/aromatic N) is 2. The second kappa shape index (κ2) is 7.49. The van der Waals surface area contributed by atoms with Crippen LogP contribution in [-0.4, -0.2) is 55.3 Å². The van der Waals surface area contributed by atoms with E-state index in [4.69, 9.17) is 16.3 Å². The Morgan fingerprint density at radius 3 is 2.86 bits per heavy atom. The highest BCUT2D eigenvalue weighted by atomic mass is 35.5. The molecule has 0 saturated carbocycles. The monoisotopic (exact) mass is 324 g/mol. The molecule has 2 aliphatic rings. The van der Waals surface area contributed by atoms with Gasteiger partial charge in [-0.3, -0.25) is 0 Å². The summed E-state index contributed by atoms with van der Waals surface area (Å²) >= 11 is 6.15. The van der Waals surface area contributed by atoms with Crippen molar-refractivity contribution in [3.05, 3.63) is 17.3 Å². The van der Waals surface area contributed by atoms with Crippen LogP contribution < -0.4 is 15.4 Å². The van der Waals surface area contributed by atoms with Crippen molar-refractivity contribution in [3.63, 3.8) is 0 Å². The van der Waals surface area contributed by atoms with Crippen molar-refractivity contribution in [2.75, 3.05) is 38.5 Å². The van der Waals surface area contributed by atoms with E-state index in [-0.39, 0.29) is 6.10 Å². The number of likely N-dealkylation sites (tertiary alicyclic amines) is 1. The molecular formula is C16H25ClN4O. The summed E-state index contributed by atoms with van der Waals surface area (Å²) in [5.74, 6) is 1.63. The van der Waals surface area contributed by atoms with Gasteiger partial charge in [0.15, 0.2) is 0 Å². The second-order valence-corrected chi connectivity index (χ2v) is 6.71. The summed E-state index contributed by atoms with van der Waals surface area (Å²) in [6.45, 7) is 4.25. The molecule has 0 amide bonds. The number of hydrogen-bond donors (Lipinski definition) is 2. The molecular weight excluding hydrogens is 300 g/mol. The number of pyridine rings is 1. The zero-order valence-corrected chi connectivity index (χ0v) is 13.9. The van der Waals surface area contributed by atoms with Crippen LogP contribution in [0.2, 0.25) is 5.15 Å². The van der Waals surface area contributed by atoms with E-state index >= 15 is 0 Å². The molecule has 0 spiro atoms. The van der Waals surface area contributed by atoms with Crippen molar-refractivity contribution in [3.8, 4) is 5.75 Å². The highest BCUT2D eigenvalue weighted by Gasteiger charge is 2.19. The Morgan fingerprint density at radius 1 is 1.32 bits per heavy atom. The van der Waals surface area contributed by atoms with Gasteiger partial charge >= 0.3 is 0 Å². The van der Waals surface area contributed by atoms with Crippen LogP contribution in [0.3, 0.4) is 0 Å². The fraction of sp³-hybridized carbons (Fsp3) is 0.688. The Kier molecular flexibility index (Phi) is 5.39. The molecule has 2 saturated heterocycles.